The van der Waals surface area contributed by atoms with Gasteiger partial charge in [-0.3, -0.25) is 0 Å². The van der Waals surface area contributed by atoms with Crippen LogP contribution in [0.3, 0.4) is 0 Å². The molecule has 3 aliphatic carbocycles. The predicted molar refractivity (Wildman–Crippen MR) is 507 cm³/mol. The van der Waals surface area contributed by atoms with Crippen molar-refractivity contribution in [1.82, 2.24) is 0 Å². The first-order chi connectivity index (χ1) is 55.5. The van der Waals surface area contributed by atoms with E-state index in [9.17, 15) is 0 Å². The molecule has 0 saturated heterocycles. The van der Waals surface area contributed by atoms with Crippen LogP contribution in [0.1, 0.15) is 391 Å². The van der Waals surface area contributed by atoms with E-state index < -0.39 is 0 Å². The molecule has 2 unspecified atom stereocenters. The molecular weight excluding hydrogens is 1400 g/mol. The molecule has 0 saturated carbocycles. The van der Waals surface area contributed by atoms with Gasteiger partial charge in [0.05, 0.1) is 0 Å². The van der Waals surface area contributed by atoms with E-state index in [-0.39, 0.29) is 16.2 Å². The highest BCUT2D eigenvalue weighted by Gasteiger charge is 2.52. The number of rotatable bonds is 52. The minimum Gasteiger partial charge on any atom is -0.126 e. The van der Waals surface area contributed by atoms with Crippen molar-refractivity contribution in [3.8, 4) is 33.4 Å². The number of fused-ring (bicyclic) bond motifs is 9. The fourth-order valence-electron chi connectivity index (χ4n) is 19.8. The zero-order valence-corrected chi connectivity index (χ0v) is 74.0. The Balaban J connectivity index is 1.01. The highest BCUT2D eigenvalue weighted by Crippen LogP contribution is 2.65. The number of hydrogen-bond acceptors (Lipinski definition) is 2. The van der Waals surface area contributed by atoms with Crippen LogP contribution < -0.4 is 0 Å². The van der Waals surface area contributed by atoms with Gasteiger partial charge in [0, 0.05) is 26.0 Å². The van der Waals surface area contributed by atoms with Crippen molar-refractivity contribution < 1.29 is 0 Å². The predicted octanol–water partition coefficient (Wildman–Crippen LogP) is 35.6. The van der Waals surface area contributed by atoms with Crippen LogP contribution >= 0.6 is 23.5 Å². The van der Waals surface area contributed by atoms with Gasteiger partial charge in [0.2, 0.25) is 0 Å². The zero-order valence-electron chi connectivity index (χ0n) is 72.4. The largest absolute Gasteiger partial charge is 0.126 e. The van der Waals surface area contributed by atoms with Gasteiger partial charge in [-0.2, -0.15) is 0 Å². The van der Waals surface area contributed by atoms with Crippen LogP contribution in [0.15, 0.2) is 168 Å². The second-order valence-corrected chi connectivity index (χ2v) is 37.2. The molecule has 602 valence electrons. The maximum atomic E-state index is 2.94. The van der Waals surface area contributed by atoms with Gasteiger partial charge in [-0.05, 0) is 235 Å². The van der Waals surface area contributed by atoms with Crippen molar-refractivity contribution in [2.75, 3.05) is 11.5 Å². The molecule has 2 atom stereocenters. The average molecular weight is 1540 g/mol. The molecular formula is C111H146S2. The fraction of sp³-hybridized carbons (Fsp3) is 0.495. The maximum absolute atomic E-state index is 2.94. The highest BCUT2D eigenvalue weighted by molar-refractivity contribution is 7.99. The fourth-order valence-corrected chi connectivity index (χ4v) is 21.7. The molecule has 3 aliphatic rings. The molecule has 0 bridgehead atoms. The van der Waals surface area contributed by atoms with Crippen molar-refractivity contribution in [3.05, 3.63) is 236 Å². The first kappa shape index (κ1) is 87.3. The Hall–Kier alpha value is -6.58. The average Bonchev–Trinajstić information content (AvgIpc) is 1.52. The number of benzene rings is 8. The molecule has 0 N–H and O–H groups in total. The van der Waals surface area contributed by atoms with E-state index in [1.54, 1.807) is 55.6 Å². The quantitative estimate of drug-likeness (QED) is 0.0212. The minimum absolute atomic E-state index is 0.0737. The third-order valence-corrected chi connectivity index (χ3v) is 28.8. The molecule has 113 heavy (non-hydrogen) atoms. The lowest BCUT2D eigenvalue weighted by molar-refractivity contribution is 0.266. The Morgan fingerprint density at radius 1 is 0.230 bits per heavy atom. The van der Waals surface area contributed by atoms with E-state index in [1.807, 2.05) is 23.5 Å². The van der Waals surface area contributed by atoms with Crippen LogP contribution in [-0.4, -0.2) is 11.5 Å². The van der Waals surface area contributed by atoms with E-state index in [4.69, 9.17) is 0 Å². The lowest BCUT2D eigenvalue weighted by Crippen LogP contribution is -2.32. The van der Waals surface area contributed by atoms with Gasteiger partial charge in [0.15, 0.2) is 0 Å². The van der Waals surface area contributed by atoms with Crippen molar-refractivity contribution in [2.24, 2.45) is 11.8 Å². The normalized spacial score (nSPS) is 14.7. The molecule has 8 aromatic carbocycles. The summed E-state index contributed by atoms with van der Waals surface area (Å²) >= 11 is 3.99. The minimum atomic E-state index is -0.115. The highest BCUT2D eigenvalue weighted by atomic mass is 32.2. The Labute approximate surface area is 698 Å². The summed E-state index contributed by atoms with van der Waals surface area (Å²) in [4.78, 5) is 2.75. The summed E-state index contributed by atoms with van der Waals surface area (Å²) in [5.41, 5.74) is 29.1. The van der Waals surface area contributed by atoms with E-state index in [1.165, 1.54) is 321 Å². The molecule has 0 radical (unpaired) electrons. The standard InChI is InChI=1S/C111H146S2/c1-11-21-29-35-71-109(72-36-30-22-12-2)103-77-93(57-55-89-47-43-87(44-48-89)51-53-91-59-65-95(66-60-91)112-75-39-33-25-15-5)63-69-97(103)99-79-107-101(81-105(99)109)102-82-106-100(80-108(102)111(107,83-85(19-9)41-27-17-7)84-86(20-10)42-28-18-8)98-70-64-94(78-104(98)110(106,73-37-31-23-13-3)74-38-32-24-14-4)58-56-90-49-45-88(46-50-90)52-54-92-61-67-96(68-62-92)113-76-40-34-26-16-6/h43-70,77-82,85-86H,11-42,71-76,83-84H2,1-10H3/b53-51+,54-52+,57-55+,58-56+. The summed E-state index contributed by atoms with van der Waals surface area (Å²) in [5, 5.41) is 0. The zero-order chi connectivity index (χ0) is 79.1. The molecule has 2 heteroatoms. The van der Waals surface area contributed by atoms with Crippen molar-refractivity contribution in [3.63, 3.8) is 0 Å². The molecule has 0 fully saturated rings. The smallest absolute Gasteiger partial charge is 0.0220 e. The van der Waals surface area contributed by atoms with Crippen LogP contribution in [-0.2, 0) is 16.2 Å². The molecule has 0 heterocycles. The van der Waals surface area contributed by atoms with Gasteiger partial charge in [0.1, 0.15) is 0 Å². The molecule has 0 aliphatic heterocycles. The molecule has 11 rings (SSSR count). The van der Waals surface area contributed by atoms with Crippen LogP contribution in [0, 0.1) is 11.8 Å². The second-order valence-electron chi connectivity index (χ2n) is 34.8. The summed E-state index contributed by atoms with van der Waals surface area (Å²) in [6, 6.07) is 64.1. The van der Waals surface area contributed by atoms with Gasteiger partial charge in [-0.15, -0.1) is 23.5 Å². The Morgan fingerprint density at radius 3 is 0.752 bits per heavy atom. The van der Waals surface area contributed by atoms with Crippen LogP contribution in [0.25, 0.3) is 82.0 Å². The molecule has 0 spiro atoms. The Morgan fingerprint density at radius 2 is 0.469 bits per heavy atom. The number of unbranched alkanes of at least 4 members (excludes halogenated alkanes) is 20. The first-order valence-electron chi connectivity index (χ1n) is 46.6. The van der Waals surface area contributed by atoms with Crippen molar-refractivity contribution in [1.29, 1.82) is 0 Å². The maximum Gasteiger partial charge on any atom is 0.0220 e. The molecule has 8 aromatic rings. The number of thioether (sulfide) groups is 2. The molecule has 0 aromatic heterocycles. The topological polar surface area (TPSA) is 0 Å². The van der Waals surface area contributed by atoms with Crippen LogP contribution in [0.2, 0.25) is 0 Å². The third-order valence-electron chi connectivity index (χ3n) is 26.6. The van der Waals surface area contributed by atoms with Gasteiger partial charge in [-0.1, -0.05) is 420 Å². The summed E-state index contributed by atoms with van der Waals surface area (Å²) in [7, 11) is 0. The van der Waals surface area contributed by atoms with E-state index in [2.05, 4.69) is 276 Å². The summed E-state index contributed by atoms with van der Waals surface area (Å²) in [6.07, 6.45) is 67.1. The van der Waals surface area contributed by atoms with Gasteiger partial charge in [0.25, 0.3) is 0 Å². The second kappa shape index (κ2) is 45.2. The van der Waals surface area contributed by atoms with Gasteiger partial charge in [-0.25, -0.2) is 0 Å². The third kappa shape index (κ3) is 22.6. The lowest BCUT2D eigenvalue weighted by Gasteiger charge is -2.39. The molecule has 0 nitrogen and oxygen atoms in total. The Bertz CT molecular complexity index is 4000. The summed E-state index contributed by atoms with van der Waals surface area (Å²) < 4.78 is 0. The van der Waals surface area contributed by atoms with Gasteiger partial charge >= 0.3 is 0 Å². The summed E-state index contributed by atoms with van der Waals surface area (Å²) in [6.45, 7) is 24.1. The van der Waals surface area contributed by atoms with E-state index >= 15 is 0 Å². The van der Waals surface area contributed by atoms with Gasteiger partial charge < -0.3 is 0 Å². The van der Waals surface area contributed by atoms with Crippen LogP contribution in [0.4, 0.5) is 0 Å². The number of hydrogen-bond donors (Lipinski definition) is 0. The van der Waals surface area contributed by atoms with E-state index in [0.717, 1.165) is 0 Å². The van der Waals surface area contributed by atoms with Crippen LogP contribution in [0.5, 0.6) is 0 Å². The van der Waals surface area contributed by atoms with E-state index in [0.29, 0.717) is 11.8 Å². The lowest BCUT2D eigenvalue weighted by atomic mass is 9.64. The monoisotopic (exact) mass is 1540 g/mol. The van der Waals surface area contributed by atoms with Crippen molar-refractivity contribution in [2.45, 2.75) is 339 Å². The SMILES string of the molecule is CCCCCCSc1ccc(/C=C/c2ccc(/C=C/c3ccc4c(c3)C(CCCCCC)(CCCCCC)c3cc5c(cc3-4)C(CC(CC)CCCC)(CC(CC)CCCC)c3cc4c(cc3-5)C(CCCCCC)(CCCCCC)c3cc(/C=C/c5ccc(/C=C/c6ccc(SCCCCCC)cc6)cc5)ccc3-4)cc2)cc1. The first-order valence-corrected chi connectivity index (χ1v) is 48.6. The van der Waals surface area contributed by atoms with Crippen molar-refractivity contribution >= 4 is 72.1 Å². The summed E-state index contributed by atoms with van der Waals surface area (Å²) in [5.74, 6) is 3.70. The molecule has 0 amide bonds. The Kier molecular flexibility index (Phi) is 34.9.